The summed E-state index contributed by atoms with van der Waals surface area (Å²) < 4.78 is 21.2. The van der Waals surface area contributed by atoms with E-state index in [9.17, 15) is 23.9 Å². The maximum absolute atomic E-state index is 14.0. The van der Waals surface area contributed by atoms with E-state index >= 15 is 0 Å². The molecule has 0 atom stereocenters. The lowest BCUT2D eigenvalue weighted by atomic mass is 9.63. The Morgan fingerprint density at radius 3 is 2.00 bits per heavy atom. The average molecular weight is 689 g/mol. The molecular weight excluding hydrogens is 657 g/mol. The fraction of sp³-hybridized carbons (Fsp3) is 0.406. The van der Waals surface area contributed by atoms with Gasteiger partial charge in [0.2, 0.25) is 0 Å². The van der Waals surface area contributed by atoms with E-state index in [-0.39, 0.29) is 54.2 Å². The maximum atomic E-state index is 14.0. The number of ether oxygens (including phenoxy) is 1. The minimum atomic E-state index is -1.03. The van der Waals surface area contributed by atoms with Gasteiger partial charge in [-0.2, -0.15) is 0 Å². The van der Waals surface area contributed by atoms with Crippen LogP contribution in [0.5, 0.6) is 5.75 Å². The molecule has 0 amide bonds. The smallest absolute Gasteiger partial charge is 0.323 e. The fourth-order valence-electron chi connectivity index (χ4n) is 6.37. The zero-order valence-electron chi connectivity index (χ0n) is 23.4. The van der Waals surface area contributed by atoms with Crippen molar-refractivity contribution >= 4 is 49.4 Å². The van der Waals surface area contributed by atoms with Crippen molar-refractivity contribution in [1.29, 1.82) is 0 Å². The van der Waals surface area contributed by atoms with Gasteiger partial charge in [0.25, 0.3) is 0 Å². The average Bonchev–Trinajstić information content (AvgIpc) is 2.83. The van der Waals surface area contributed by atoms with Crippen LogP contribution >= 0.6 is 31.9 Å². The Balaban J connectivity index is 1.74. The lowest BCUT2D eigenvalue weighted by Crippen LogP contribution is -2.45. The first-order valence-electron chi connectivity index (χ1n) is 13.5. The SMILES string of the molecule is CC1(C)CC(=O)C2=C(C1)N(CC(=O)O)C1=C(C(=O)CC(C)(C)C1)C2c1cc(Br)cc(Br)c1OCc1ccc(F)cc1. The molecule has 1 heterocycles. The summed E-state index contributed by atoms with van der Waals surface area (Å²) >= 11 is 7.22. The molecule has 9 heteroatoms. The minimum absolute atomic E-state index is 0.0959. The van der Waals surface area contributed by atoms with E-state index in [4.69, 9.17) is 4.74 Å². The van der Waals surface area contributed by atoms with Gasteiger partial charge in [0.1, 0.15) is 24.7 Å². The van der Waals surface area contributed by atoms with Crippen molar-refractivity contribution in [2.45, 2.75) is 65.9 Å². The standard InChI is InChI=1S/C32H32Br2FNO5/c1-31(2)11-22-28(24(37)13-31)27(29-23(36(22)15-26(39)40)12-32(3,4)14-25(29)38)20-9-18(33)10-21(34)30(20)41-16-17-5-7-19(35)8-6-17/h5-10,27H,11-16H2,1-4H3,(H,39,40). The van der Waals surface area contributed by atoms with Gasteiger partial charge in [-0.15, -0.1) is 0 Å². The van der Waals surface area contributed by atoms with Crippen molar-refractivity contribution < 1.29 is 28.6 Å². The lowest BCUT2D eigenvalue weighted by Gasteiger charge is -2.48. The zero-order chi connectivity index (χ0) is 29.9. The molecule has 0 unspecified atom stereocenters. The zero-order valence-corrected chi connectivity index (χ0v) is 26.6. The quantitative estimate of drug-likeness (QED) is 0.335. The molecule has 0 spiro atoms. The van der Waals surface area contributed by atoms with Crippen LogP contribution in [-0.4, -0.2) is 34.1 Å². The predicted molar refractivity (Wildman–Crippen MR) is 160 cm³/mol. The Labute approximate surface area is 255 Å². The van der Waals surface area contributed by atoms with Crippen LogP contribution in [-0.2, 0) is 21.0 Å². The molecule has 0 bridgehead atoms. The summed E-state index contributed by atoms with van der Waals surface area (Å²) in [4.78, 5) is 41.8. The van der Waals surface area contributed by atoms with E-state index in [1.54, 1.807) is 17.0 Å². The first kappa shape index (κ1) is 29.7. The Morgan fingerprint density at radius 2 is 1.49 bits per heavy atom. The number of ketones is 2. The number of hydrogen-bond donors (Lipinski definition) is 1. The van der Waals surface area contributed by atoms with Gasteiger partial charge in [-0.1, -0.05) is 55.8 Å². The molecular formula is C32H32Br2FNO5. The molecule has 2 aliphatic carbocycles. The molecule has 0 fully saturated rings. The van der Waals surface area contributed by atoms with Gasteiger partial charge in [-0.05, 0) is 69.4 Å². The number of carbonyl (C=O) groups is 3. The van der Waals surface area contributed by atoms with E-state index < -0.39 is 11.9 Å². The van der Waals surface area contributed by atoms with Crippen LogP contribution in [0.15, 0.2) is 67.9 Å². The monoisotopic (exact) mass is 687 g/mol. The molecule has 0 radical (unpaired) electrons. The molecule has 41 heavy (non-hydrogen) atoms. The van der Waals surface area contributed by atoms with Gasteiger partial charge in [0, 0.05) is 51.3 Å². The number of benzene rings is 2. The molecule has 2 aromatic rings. The van der Waals surface area contributed by atoms with Crippen LogP contribution in [0.1, 0.15) is 70.4 Å². The van der Waals surface area contributed by atoms with Crippen molar-refractivity contribution in [2.24, 2.45) is 10.8 Å². The third-order valence-electron chi connectivity index (χ3n) is 7.96. The molecule has 0 aromatic heterocycles. The van der Waals surface area contributed by atoms with Crippen molar-refractivity contribution in [3.8, 4) is 5.75 Å². The van der Waals surface area contributed by atoms with Crippen molar-refractivity contribution in [1.82, 2.24) is 4.90 Å². The Morgan fingerprint density at radius 1 is 0.951 bits per heavy atom. The molecule has 0 saturated heterocycles. The highest BCUT2D eigenvalue weighted by Crippen LogP contribution is 2.56. The summed E-state index contributed by atoms with van der Waals surface area (Å²) in [6, 6.07) is 9.74. The highest BCUT2D eigenvalue weighted by Gasteiger charge is 2.50. The second kappa shape index (κ2) is 10.8. The minimum Gasteiger partial charge on any atom is -0.487 e. The molecule has 0 saturated carbocycles. The van der Waals surface area contributed by atoms with Crippen LogP contribution in [0.4, 0.5) is 4.39 Å². The van der Waals surface area contributed by atoms with Gasteiger partial charge in [-0.25, -0.2) is 4.39 Å². The largest absolute Gasteiger partial charge is 0.487 e. The summed E-state index contributed by atoms with van der Waals surface area (Å²) in [5.74, 6) is -1.80. The highest BCUT2D eigenvalue weighted by atomic mass is 79.9. The van der Waals surface area contributed by atoms with E-state index in [1.165, 1.54) is 12.1 Å². The summed E-state index contributed by atoms with van der Waals surface area (Å²) in [6.07, 6.45) is 1.58. The fourth-order valence-corrected chi connectivity index (χ4v) is 7.74. The second-order valence-corrected chi connectivity index (χ2v) is 14.5. The number of carboxylic acids is 1. The lowest BCUT2D eigenvalue weighted by molar-refractivity contribution is -0.138. The number of carbonyl (C=O) groups excluding carboxylic acids is 2. The van der Waals surface area contributed by atoms with Crippen LogP contribution in [0.2, 0.25) is 0 Å². The number of hydrogen-bond acceptors (Lipinski definition) is 5. The maximum Gasteiger partial charge on any atom is 0.323 e. The second-order valence-electron chi connectivity index (χ2n) is 12.7. The number of halogens is 3. The Hall–Kier alpha value is -2.78. The predicted octanol–water partition coefficient (Wildman–Crippen LogP) is 7.70. The number of allylic oxidation sites excluding steroid dienone is 4. The number of rotatable bonds is 6. The topological polar surface area (TPSA) is 83.9 Å². The number of Topliss-reactive ketones (excluding diaryl/α,β-unsaturated/α-hetero) is 2. The van der Waals surface area contributed by atoms with Crippen LogP contribution in [0, 0.1) is 16.6 Å². The van der Waals surface area contributed by atoms with Gasteiger partial charge >= 0.3 is 5.97 Å². The Kier molecular flexibility index (Phi) is 7.83. The summed E-state index contributed by atoms with van der Waals surface area (Å²) in [6.45, 7) is 7.86. The summed E-state index contributed by atoms with van der Waals surface area (Å²) in [7, 11) is 0. The summed E-state index contributed by atoms with van der Waals surface area (Å²) in [5, 5.41) is 9.92. The molecule has 1 N–H and O–H groups in total. The molecule has 5 rings (SSSR count). The summed E-state index contributed by atoms with van der Waals surface area (Å²) in [5.41, 5.74) is 2.93. The van der Waals surface area contributed by atoms with E-state index in [0.29, 0.717) is 51.2 Å². The van der Waals surface area contributed by atoms with Crippen molar-refractivity contribution in [3.05, 3.63) is 84.8 Å². The van der Waals surface area contributed by atoms with Gasteiger partial charge in [-0.3, -0.25) is 14.4 Å². The number of aliphatic carboxylic acids is 1. The van der Waals surface area contributed by atoms with Crippen LogP contribution < -0.4 is 4.74 Å². The first-order valence-corrected chi connectivity index (χ1v) is 15.1. The van der Waals surface area contributed by atoms with Crippen LogP contribution in [0.25, 0.3) is 0 Å². The third kappa shape index (κ3) is 5.93. The normalized spacial score (nSPS) is 20.2. The van der Waals surface area contributed by atoms with E-state index in [1.807, 2.05) is 39.8 Å². The molecule has 1 aliphatic heterocycles. The number of nitrogens with zero attached hydrogens (tertiary/aromatic N) is 1. The van der Waals surface area contributed by atoms with Crippen molar-refractivity contribution in [2.75, 3.05) is 6.54 Å². The first-order chi connectivity index (χ1) is 19.2. The molecule has 6 nitrogen and oxygen atoms in total. The Bertz CT molecular complexity index is 1470. The van der Waals surface area contributed by atoms with Crippen LogP contribution in [0.3, 0.4) is 0 Å². The third-order valence-corrected chi connectivity index (χ3v) is 9.01. The molecule has 216 valence electrons. The molecule has 2 aromatic carbocycles. The van der Waals surface area contributed by atoms with E-state index in [2.05, 4.69) is 31.9 Å². The molecule has 3 aliphatic rings. The van der Waals surface area contributed by atoms with Gasteiger partial charge in [0.15, 0.2) is 11.6 Å². The van der Waals surface area contributed by atoms with Gasteiger partial charge in [0.05, 0.1) is 4.47 Å². The van der Waals surface area contributed by atoms with E-state index in [0.717, 1.165) is 10.0 Å². The van der Waals surface area contributed by atoms with Gasteiger partial charge < -0.3 is 14.7 Å². The number of carboxylic acid groups (broad SMARTS) is 1. The van der Waals surface area contributed by atoms with Crippen molar-refractivity contribution in [3.63, 3.8) is 0 Å². The highest BCUT2D eigenvalue weighted by molar-refractivity contribution is 9.11.